The van der Waals surface area contributed by atoms with Gasteiger partial charge in [-0.3, -0.25) is 4.79 Å². The van der Waals surface area contributed by atoms with Gasteiger partial charge in [-0.1, -0.05) is 0 Å². The fraction of sp³-hybridized carbons (Fsp3) is 0.700. The molecule has 0 aliphatic carbocycles. The molecule has 3 atom stereocenters. The van der Waals surface area contributed by atoms with Crippen LogP contribution in [0, 0.1) is 0 Å². The first-order valence-electron chi connectivity index (χ1n) is 5.73. The first kappa shape index (κ1) is 19.2. The molecule has 116 valence electrons. The summed E-state index contributed by atoms with van der Waals surface area (Å²) >= 11 is 5.05. The van der Waals surface area contributed by atoms with E-state index in [0.717, 1.165) is 0 Å². The van der Waals surface area contributed by atoms with Crippen molar-refractivity contribution >= 4 is 42.3 Å². The Kier molecular flexibility index (Phi) is 9.59. The van der Waals surface area contributed by atoms with E-state index in [1.807, 2.05) is 0 Å². The first-order valence-corrected chi connectivity index (χ1v) is 7.52. The Morgan fingerprint density at radius 3 is 2.15 bits per heavy atom. The second-order valence-corrected chi connectivity index (χ2v) is 5.46. The second-order valence-electron chi connectivity index (χ2n) is 3.94. The number of rotatable bonds is 9. The molecule has 0 rings (SSSR count). The summed E-state index contributed by atoms with van der Waals surface area (Å²) < 4.78 is 4.48. The predicted octanol–water partition coefficient (Wildman–Crippen LogP) is -1.82. The summed E-state index contributed by atoms with van der Waals surface area (Å²) in [6.45, 7) is 0. The van der Waals surface area contributed by atoms with Crippen LogP contribution in [0.2, 0.25) is 0 Å². The molecule has 0 heterocycles. The molecule has 0 saturated carbocycles. The summed E-state index contributed by atoms with van der Waals surface area (Å²) in [6, 6.07) is -2.91. The molecule has 0 fully saturated rings. The number of nitrogens with two attached hydrogens (primary N) is 3. The molecule has 0 radical (unpaired) electrons. The van der Waals surface area contributed by atoms with Crippen LogP contribution in [0.5, 0.6) is 0 Å². The molecular weight excluding hydrogens is 306 g/mol. The van der Waals surface area contributed by atoms with Crippen molar-refractivity contribution in [2.45, 2.75) is 24.5 Å². The molecule has 7 N–H and O–H groups in total. The molecule has 20 heavy (non-hydrogen) atoms. The Bertz CT molecular complexity index is 356. The zero-order valence-corrected chi connectivity index (χ0v) is 12.4. The molecule has 0 saturated heterocycles. The molecule has 8 nitrogen and oxygen atoms in total. The van der Waals surface area contributed by atoms with Gasteiger partial charge in [0.05, 0.1) is 0 Å². The Morgan fingerprint density at radius 1 is 1.10 bits per heavy atom. The maximum Gasteiger partial charge on any atom is 0.331 e. The van der Waals surface area contributed by atoms with E-state index in [4.69, 9.17) is 22.3 Å². The van der Waals surface area contributed by atoms with Crippen LogP contribution in [0.15, 0.2) is 0 Å². The Morgan fingerprint density at radius 2 is 1.65 bits per heavy atom. The van der Waals surface area contributed by atoms with E-state index in [1.54, 1.807) is 0 Å². The average Bonchev–Trinajstić information content (AvgIpc) is 2.41. The SMILES string of the molecule is NC(CSCC[C@H](N)C(=O)OC(=O)[C@@H](N)CS)C(=O)O. The van der Waals surface area contributed by atoms with E-state index < -0.39 is 36.0 Å². The molecule has 0 amide bonds. The van der Waals surface area contributed by atoms with Gasteiger partial charge in [0.15, 0.2) is 0 Å². The lowest BCUT2D eigenvalue weighted by Gasteiger charge is -2.12. The van der Waals surface area contributed by atoms with Gasteiger partial charge in [-0.05, 0) is 12.2 Å². The largest absolute Gasteiger partial charge is 0.480 e. The van der Waals surface area contributed by atoms with Crippen LogP contribution in [0.4, 0.5) is 0 Å². The van der Waals surface area contributed by atoms with Gasteiger partial charge in [-0.15, -0.1) is 0 Å². The third kappa shape index (κ3) is 7.70. The third-order valence-electron chi connectivity index (χ3n) is 2.19. The van der Waals surface area contributed by atoms with Gasteiger partial charge < -0.3 is 27.0 Å². The van der Waals surface area contributed by atoms with Crippen molar-refractivity contribution in [3.8, 4) is 0 Å². The molecule has 0 aromatic carbocycles. The van der Waals surface area contributed by atoms with Crippen LogP contribution in [-0.2, 0) is 19.1 Å². The molecule has 0 spiro atoms. The molecule has 0 aromatic rings. The smallest absolute Gasteiger partial charge is 0.331 e. The highest BCUT2D eigenvalue weighted by molar-refractivity contribution is 7.99. The highest BCUT2D eigenvalue weighted by Crippen LogP contribution is 2.07. The Hall–Kier alpha value is -0.810. The highest BCUT2D eigenvalue weighted by Gasteiger charge is 2.22. The monoisotopic (exact) mass is 325 g/mol. The maximum atomic E-state index is 11.4. The van der Waals surface area contributed by atoms with E-state index >= 15 is 0 Å². The molecular formula is C10H19N3O5S2. The molecule has 0 aliphatic heterocycles. The van der Waals surface area contributed by atoms with Crippen molar-refractivity contribution in [1.82, 2.24) is 0 Å². The van der Waals surface area contributed by atoms with Crippen molar-refractivity contribution in [3.05, 3.63) is 0 Å². The van der Waals surface area contributed by atoms with E-state index in [-0.39, 0.29) is 17.9 Å². The summed E-state index contributed by atoms with van der Waals surface area (Å²) in [5, 5.41) is 8.56. The fourth-order valence-corrected chi connectivity index (χ4v) is 2.07. The van der Waals surface area contributed by atoms with Crippen molar-refractivity contribution in [2.75, 3.05) is 17.3 Å². The number of ether oxygens (including phenoxy) is 1. The van der Waals surface area contributed by atoms with Crippen LogP contribution in [0.1, 0.15) is 6.42 Å². The lowest BCUT2D eigenvalue weighted by Crippen LogP contribution is -2.40. The van der Waals surface area contributed by atoms with Crippen LogP contribution >= 0.6 is 24.4 Å². The summed E-state index contributed by atoms with van der Waals surface area (Å²) in [4.78, 5) is 33.1. The van der Waals surface area contributed by atoms with Gasteiger partial charge in [-0.2, -0.15) is 24.4 Å². The summed E-state index contributed by atoms with van der Waals surface area (Å²) in [7, 11) is 0. The molecule has 0 bridgehead atoms. The number of esters is 2. The summed E-state index contributed by atoms with van der Waals surface area (Å²) in [5.41, 5.74) is 16.2. The van der Waals surface area contributed by atoms with Crippen molar-refractivity contribution in [1.29, 1.82) is 0 Å². The van der Waals surface area contributed by atoms with Crippen LogP contribution in [-0.4, -0.2) is 58.4 Å². The van der Waals surface area contributed by atoms with Crippen molar-refractivity contribution < 1.29 is 24.2 Å². The average molecular weight is 325 g/mol. The molecule has 10 heteroatoms. The maximum absolute atomic E-state index is 11.4. The van der Waals surface area contributed by atoms with E-state index in [9.17, 15) is 14.4 Å². The van der Waals surface area contributed by atoms with Gasteiger partial charge in [0.1, 0.15) is 18.1 Å². The number of carboxylic acid groups (broad SMARTS) is 1. The Balaban J connectivity index is 3.92. The molecule has 0 aliphatic rings. The fourth-order valence-electron chi connectivity index (χ4n) is 0.935. The lowest BCUT2D eigenvalue weighted by atomic mass is 10.2. The van der Waals surface area contributed by atoms with Crippen LogP contribution < -0.4 is 17.2 Å². The minimum atomic E-state index is -1.09. The number of hydrogen-bond donors (Lipinski definition) is 5. The van der Waals surface area contributed by atoms with Gasteiger partial charge in [0.2, 0.25) is 0 Å². The van der Waals surface area contributed by atoms with E-state index in [0.29, 0.717) is 5.75 Å². The van der Waals surface area contributed by atoms with E-state index in [1.165, 1.54) is 11.8 Å². The van der Waals surface area contributed by atoms with E-state index in [2.05, 4.69) is 17.4 Å². The number of carbonyl (C=O) groups excluding carboxylic acids is 2. The zero-order chi connectivity index (χ0) is 15.7. The number of thioether (sulfide) groups is 1. The zero-order valence-electron chi connectivity index (χ0n) is 10.7. The van der Waals surface area contributed by atoms with Gasteiger partial charge >= 0.3 is 17.9 Å². The number of thiol groups is 1. The number of carboxylic acids is 1. The number of hydrogen-bond acceptors (Lipinski definition) is 9. The normalized spacial score (nSPS) is 15.2. The first-order chi connectivity index (χ1) is 9.29. The second kappa shape index (κ2) is 10.00. The highest BCUT2D eigenvalue weighted by atomic mass is 32.2. The quantitative estimate of drug-likeness (QED) is 0.142. The standard InChI is InChI=1S/C10H19N3O5S2/c11-5(1-2-20-4-7(13)8(14)15)9(16)18-10(17)6(12)3-19/h5-7,19H,1-4,11-13H2,(H,14,15)/t5-,6-,7?/m0/s1. The minimum Gasteiger partial charge on any atom is -0.480 e. The van der Waals surface area contributed by atoms with Crippen LogP contribution in [0.25, 0.3) is 0 Å². The van der Waals surface area contributed by atoms with Gasteiger partial charge in [0, 0.05) is 11.5 Å². The number of aliphatic carboxylic acids is 1. The molecule has 1 unspecified atom stereocenters. The summed E-state index contributed by atoms with van der Waals surface area (Å²) in [5.74, 6) is -2.14. The van der Waals surface area contributed by atoms with Crippen molar-refractivity contribution in [2.24, 2.45) is 17.2 Å². The van der Waals surface area contributed by atoms with Gasteiger partial charge in [0.25, 0.3) is 0 Å². The van der Waals surface area contributed by atoms with Crippen molar-refractivity contribution in [3.63, 3.8) is 0 Å². The van der Waals surface area contributed by atoms with Gasteiger partial charge in [-0.25, -0.2) is 9.59 Å². The third-order valence-corrected chi connectivity index (χ3v) is 3.70. The lowest BCUT2D eigenvalue weighted by molar-refractivity contribution is -0.161. The van der Waals surface area contributed by atoms with Crippen LogP contribution in [0.3, 0.4) is 0 Å². The molecule has 0 aromatic heterocycles. The predicted molar refractivity (Wildman–Crippen MR) is 78.5 cm³/mol. The topological polar surface area (TPSA) is 159 Å². The minimum absolute atomic E-state index is 0.0598. The Labute approximate surface area is 126 Å². The number of carbonyl (C=O) groups is 3. The summed E-state index contributed by atoms with van der Waals surface area (Å²) in [6.07, 6.45) is 0.235.